The lowest BCUT2D eigenvalue weighted by Crippen LogP contribution is -2.42. The zero-order valence-corrected chi connectivity index (χ0v) is 15.8. The van der Waals surface area contributed by atoms with Crippen molar-refractivity contribution in [3.8, 4) is 5.75 Å². The van der Waals surface area contributed by atoms with E-state index in [2.05, 4.69) is 24.1 Å². The van der Waals surface area contributed by atoms with Crippen molar-refractivity contribution in [3.05, 3.63) is 30.3 Å². The molecule has 3 fully saturated rings. The number of rotatable bonds is 7. The van der Waals surface area contributed by atoms with E-state index in [4.69, 9.17) is 9.47 Å². The number of hydrogen-bond acceptors (Lipinski definition) is 4. The minimum Gasteiger partial charge on any atom is -0.493 e. The van der Waals surface area contributed by atoms with Crippen molar-refractivity contribution in [3.63, 3.8) is 0 Å². The fourth-order valence-electron chi connectivity index (χ4n) is 4.99. The van der Waals surface area contributed by atoms with Crippen LogP contribution in [0.5, 0.6) is 5.75 Å². The standard InChI is InChI=1S/C21H30N2O3/c1-15(2)23-13-18-17(19-8-10-21(18,14-23)26-19)12-22-20(24)9-11-25-16-6-4-3-5-7-16/h3-7,15,17-19H,8-14H2,1-2H3,(H,22,24)/t17-,18+,19+,21+/m0/s1. The third-order valence-electron chi connectivity index (χ3n) is 6.42. The highest BCUT2D eigenvalue weighted by atomic mass is 16.5. The molecule has 0 saturated carbocycles. The summed E-state index contributed by atoms with van der Waals surface area (Å²) >= 11 is 0. The molecule has 0 unspecified atom stereocenters. The molecular weight excluding hydrogens is 328 g/mol. The predicted molar refractivity (Wildman–Crippen MR) is 100 cm³/mol. The van der Waals surface area contributed by atoms with Gasteiger partial charge in [-0.05, 0) is 38.8 Å². The maximum atomic E-state index is 12.2. The molecule has 5 heteroatoms. The van der Waals surface area contributed by atoms with Gasteiger partial charge in [-0.15, -0.1) is 0 Å². The van der Waals surface area contributed by atoms with Gasteiger partial charge in [-0.3, -0.25) is 9.69 Å². The number of benzene rings is 1. The molecule has 1 amide bonds. The van der Waals surface area contributed by atoms with Crippen LogP contribution in [0.25, 0.3) is 0 Å². The van der Waals surface area contributed by atoms with Crippen LogP contribution >= 0.6 is 0 Å². The Kier molecular flexibility index (Phi) is 4.93. The van der Waals surface area contributed by atoms with E-state index in [9.17, 15) is 4.79 Å². The van der Waals surface area contributed by atoms with Gasteiger partial charge in [0.25, 0.3) is 0 Å². The summed E-state index contributed by atoms with van der Waals surface area (Å²) in [4.78, 5) is 14.8. The number of ether oxygens (including phenoxy) is 2. The summed E-state index contributed by atoms with van der Waals surface area (Å²) in [5, 5.41) is 3.13. The van der Waals surface area contributed by atoms with Crippen LogP contribution in [0.1, 0.15) is 33.1 Å². The van der Waals surface area contributed by atoms with Crippen molar-refractivity contribution in [1.29, 1.82) is 0 Å². The third-order valence-corrected chi connectivity index (χ3v) is 6.42. The number of likely N-dealkylation sites (tertiary alicyclic amines) is 1. The second-order valence-electron chi connectivity index (χ2n) is 8.27. The number of nitrogens with zero attached hydrogens (tertiary/aromatic N) is 1. The van der Waals surface area contributed by atoms with Gasteiger partial charge in [0.15, 0.2) is 0 Å². The highest BCUT2D eigenvalue weighted by Crippen LogP contribution is 2.54. The van der Waals surface area contributed by atoms with Crippen molar-refractivity contribution >= 4 is 5.91 Å². The van der Waals surface area contributed by atoms with Gasteiger partial charge in [0.1, 0.15) is 5.75 Å². The van der Waals surface area contributed by atoms with Gasteiger partial charge in [0, 0.05) is 37.5 Å². The Morgan fingerprint density at radius 1 is 1.38 bits per heavy atom. The first-order valence-corrected chi connectivity index (χ1v) is 9.94. The molecule has 3 aliphatic heterocycles. The molecule has 1 aromatic carbocycles. The molecule has 142 valence electrons. The van der Waals surface area contributed by atoms with Gasteiger partial charge in [-0.1, -0.05) is 18.2 Å². The van der Waals surface area contributed by atoms with Gasteiger partial charge in [0.2, 0.25) is 5.91 Å². The van der Waals surface area contributed by atoms with E-state index in [1.54, 1.807) is 0 Å². The Morgan fingerprint density at radius 2 is 2.19 bits per heavy atom. The lowest BCUT2D eigenvalue weighted by molar-refractivity contribution is -0.121. The SMILES string of the molecule is CC(C)N1C[C@@H]2[C@H](CNC(=O)CCOc3ccccc3)[C@H]3CC[C@]2(C1)O3. The number of amides is 1. The van der Waals surface area contributed by atoms with Gasteiger partial charge >= 0.3 is 0 Å². The first-order chi connectivity index (χ1) is 12.6. The molecule has 1 aromatic rings. The van der Waals surface area contributed by atoms with E-state index in [1.807, 2.05) is 30.3 Å². The van der Waals surface area contributed by atoms with Crippen LogP contribution < -0.4 is 10.1 Å². The number of fused-ring (bicyclic) bond motifs is 1. The third kappa shape index (κ3) is 3.35. The van der Waals surface area contributed by atoms with E-state index in [0.29, 0.717) is 37.0 Å². The van der Waals surface area contributed by atoms with Crippen molar-refractivity contribution in [2.45, 2.75) is 50.9 Å². The number of nitrogens with one attached hydrogen (secondary N) is 1. The normalized spacial score (nSPS) is 32.8. The first kappa shape index (κ1) is 17.8. The fourth-order valence-corrected chi connectivity index (χ4v) is 4.99. The van der Waals surface area contributed by atoms with Crippen LogP contribution in [-0.2, 0) is 9.53 Å². The molecule has 2 bridgehead atoms. The molecule has 3 saturated heterocycles. The summed E-state index contributed by atoms with van der Waals surface area (Å²) in [6, 6.07) is 10.2. The summed E-state index contributed by atoms with van der Waals surface area (Å²) in [5.74, 6) is 1.89. The highest BCUT2D eigenvalue weighted by Gasteiger charge is 2.62. The second kappa shape index (κ2) is 7.20. The van der Waals surface area contributed by atoms with Crippen LogP contribution in [0, 0.1) is 11.8 Å². The smallest absolute Gasteiger partial charge is 0.223 e. The predicted octanol–water partition coefficient (Wildman–Crippen LogP) is 2.46. The molecule has 5 nitrogen and oxygen atoms in total. The molecule has 4 rings (SSSR count). The Morgan fingerprint density at radius 3 is 2.96 bits per heavy atom. The van der Waals surface area contributed by atoms with E-state index in [0.717, 1.165) is 31.8 Å². The van der Waals surface area contributed by atoms with E-state index in [1.165, 1.54) is 6.42 Å². The van der Waals surface area contributed by atoms with Gasteiger partial charge < -0.3 is 14.8 Å². The van der Waals surface area contributed by atoms with Crippen LogP contribution in [-0.4, -0.2) is 54.8 Å². The van der Waals surface area contributed by atoms with Gasteiger partial charge in [-0.2, -0.15) is 0 Å². The molecule has 1 spiro atoms. The van der Waals surface area contributed by atoms with Crippen molar-refractivity contribution < 1.29 is 14.3 Å². The number of hydrogen-bond donors (Lipinski definition) is 1. The molecule has 3 heterocycles. The van der Waals surface area contributed by atoms with E-state index in [-0.39, 0.29) is 11.5 Å². The first-order valence-electron chi connectivity index (χ1n) is 9.94. The average Bonchev–Trinajstić information content (AvgIpc) is 3.29. The second-order valence-corrected chi connectivity index (χ2v) is 8.27. The minimum absolute atomic E-state index is 0.0563. The average molecular weight is 358 g/mol. The largest absolute Gasteiger partial charge is 0.493 e. The summed E-state index contributed by atoms with van der Waals surface area (Å²) in [6.45, 7) is 7.82. The van der Waals surface area contributed by atoms with Crippen LogP contribution in [0.3, 0.4) is 0 Å². The quantitative estimate of drug-likeness (QED) is 0.813. The fraction of sp³-hybridized carbons (Fsp3) is 0.667. The van der Waals surface area contributed by atoms with E-state index >= 15 is 0 Å². The Bertz CT molecular complexity index is 635. The molecule has 0 aliphatic carbocycles. The molecule has 26 heavy (non-hydrogen) atoms. The molecule has 3 aliphatic rings. The molecule has 4 atom stereocenters. The summed E-state index contributed by atoms with van der Waals surface area (Å²) in [6.07, 6.45) is 3.04. The minimum atomic E-state index is 0.0563. The molecule has 0 radical (unpaired) electrons. The van der Waals surface area contributed by atoms with Crippen molar-refractivity contribution in [1.82, 2.24) is 10.2 Å². The van der Waals surface area contributed by atoms with E-state index < -0.39 is 0 Å². The van der Waals surface area contributed by atoms with Gasteiger partial charge in [0.05, 0.1) is 24.7 Å². The van der Waals surface area contributed by atoms with Crippen LogP contribution in [0.15, 0.2) is 30.3 Å². The number of carbonyl (C=O) groups is 1. The molecule has 0 aromatic heterocycles. The van der Waals surface area contributed by atoms with Crippen molar-refractivity contribution in [2.24, 2.45) is 11.8 Å². The zero-order valence-electron chi connectivity index (χ0n) is 15.8. The van der Waals surface area contributed by atoms with Crippen LogP contribution in [0.2, 0.25) is 0 Å². The lowest BCUT2D eigenvalue weighted by Gasteiger charge is -2.29. The Balaban J connectivity index is 1.25. The lowest BCUT2D eigenvalue weighted by atomic mass is 9.73. The molecular formula is C21H30N2O3. The summed E-state index contributed by atoms with van der Waals surface area (Å²) < 4.78 is 12.0. The Labute approximate surface area is 156 Å². The van der Waals surface area contributed by atoms with Crippen LogP contribution in [0.4, 0.5) is 0 Å². The maximum absolute atomic E-state index is 12.2. The summed E-state index contributed by atoms with van der Waals surface area (Å²) in [5.41, 5.74) is 0.0563. The number of para-hydroxylation sites is 1. The zero-order chi connectivity index (χ0) is 18.1. The Hall–Kier alpha value is -1.59. The van der Waals surface area contributed by atoms with Gasteiger partial charge in [-0.25, -0.2) is 0 Å². The summed E-state index contributed by atoms with van der Waals surface area (Å²) in [7, 11) is 0. The maximum Gasteiger partial charge on any atom is 0.223 e. The number of carbonyl (C=O) groups excluding carboxylic acids is 1. The highest BCUT2D eigenvalue weighted by molar-refractivity contribution is 5.76. The topological polar surface area (TPSA) is 50.8 Å². The van der Waals surface area contributed by atoms with Crippen molar-refractivity contribution in [2.75, 3.05) is 26.2 Å². The monoisotopic (exact) mass is 358 g/mol. The molecule has 1 N–H and O–H groups in total.